The minimum absolute atomic E-state index is 0.00479. The van der Waals surface area contributed by atoms with E-state index in [9.17, 15) is 13.2 Å². The Bertz CT molecular complexity index is 950. The Morgan fingerprint density at radius 2 is 1.80 bits per heavy atom. The number of carbonyl (C=O) groups excluding carboxylic acids is 1. The van der Waals surface area contributed by atoms with Gasteiger partial charge in [-0.15, -0.1) is 0 Å². The maximum Gasteiger partial charge on any atom is 0.267 e. The Hall–Kier alpha value is -2.34. The van der Waals surface area contributed by atoms with E-state index in [1.165, 1.54) is 0 Å². The minimum atomic E-state index is -3.88. The average molecular weight is 357 g/mol. The van der Waals surface area contributed by atoms with Crippen molar-refractivity contribution in [3.63, 3.8) is 0 Å². The maximum atomic E-state index is 13.1. The Balaban J connectivity index is 1.81. The van der Waals surface area contributed by atoms with Crippen molar-refractivity contribution in [2.45, 2.75) is 30.7 Å². The number of fused-ring (bicyclic) bond motifs is 3. The van der Waals surface area contributed by atoms with Gasteiger partial charge in [0.15, 0.2) is 0 Å². The standard InChI is InChI=1S/C19H19NO4S/c1-12-3-7-16(8-4-12)25(22,23)20-18(21)10-14-9-13-5-6-15(24-2)11-17(13)19(14)20/h3-8,11,14,19H,9-10H2,1-2H3. The van der Waals surface area contributed by atoms with Crippen LogP contribution in [0.4, 0.5) is 0 Å². The molecule has 0 aromatic heterocycles. The first kappa shape index (κ1) is 16.1. The normalized spacial score (nSPS) is 22.0. The summed E-state index contributed by atoms with van der Waals surface area (Å²) in [5, 5.41) is 0. The number of methoxy groups -OCH3 is 1. The highest BCUT2D eigenvalue weighted by Gasteiger charge is 2.51. The molecule has 0 bridgehead atoms. The van der Waals surface area contributed by atoms with Gasteiger partial charge in [0.25, 0.3) is 10.0 Å². The van der Waals surface area contributed by atoms with E-state index in [0.29, 0.717) is 5.75 Å². The SMILES string of the molecule is COc1ccc2c(c1)C1C(CC(=O)N1S(=O)(=O)c1ccc(C)cc1)C2. The first-order valence-corrected chi connectivity index (χ1v) is 9.66. The molecule has 0 N–H and O–H groups in total. The monoisotopic (exact) mass is 357 g/mol. The largest absolute Gasteiger partial charge is 0.497 e. The van der Waals surface area contributed by atoms with E-state index in [-0.39, 0.29) is 23.1 Å². The van der Waals surface area contributed by atoms with Gasteiger partial charge in [0.1, 0.15) is 5.75 Å². The Kier molecular flexibility index (Phi) is 3.61. The predicted octanol–water partition coefficient (Wildman–Crippen LogP) is 2.84. The van der Waals surface area contributed by atoms with E-state index in [1.807, 2.05) is 25.1 Å². The van der Waals surface area contributed by atoms with E-state index >= 15 is 0 Å². The minimum Gasteiger partial charge on any atom is -0.497 e. The lowest BCUT2D eigenvalue weighted by Crippen LogP contribution is -2.34. The van der Waals surface area contributed by atoms with Gasteiger partial charge >= 0.3 is 0 Å². The number of hydrogen-bond acceptors (Lipinski definition) is 4. The van der Waals surface area contributed by atoms with Crippen molar-refractivity contribution in [3.8, 4) is 5.75 Å². The number of carbonyl (C=O) groups is 1. The molecule has 1 amide bonds. The summed E-state index contributed by atoms with van der Waals surface area (Å²) in [7, 11) is -2.30. The number of sulfonamides is 1. The molecule has 1 aliphatic heterocycles. The van der Waals surface area contributed by atoms with Crippen molar-refractivity contribution in [2.24, 2.45) is 5.92 Å². The van der Waals surface area contributed by atoms with Crippen LogP contribution in [-0.4, -0.2) is 25.7 Å². The van der Waals surface area contributed by atoms with Gasteiger partial charge in [-0.05, 0) is 54.7 Å². The highest BCUT2D eigenvalue weighted by Crippen LogP contribution is 2.49. The van der Waals surface area contributed by atoms with Crippen LogP contribution in [0.2, 0.25) is 0 Å². The molecule has 4 rings (SSSR count). The van der Waals surface area contributed by atoms with E-state index in [1.54, 1.807) is 31.4 Å². The first-order chi connectivity index (χ1) is 11.9. The molecular weight excluding hydrogens is 338 g/mol. The third kappa shape index (κ3) is 2.43. The summed E-state index contributed by atoms with van der Waals surface area (Å²) in [5.74, 6) is 0.338. The van der Waals surface area contributed by atoms with Crippen LogP contribution in [0, 0.1) is 12.8 Å². The lowest BCUT2D eigenvalue weighted by atomic mass is 10.0. The molecule has 0 spiro atoms. The summed E-state index contributed by atoms with van der Waals surface area (Å²) in [4.78, 5) is 12.7. The van der Waals surface area contributed by atoms with Gasteiger partial charge in [-0.3, -0.25) is 4.79 Å². The van der Waals surface area contributed by atoms with Crippen molar-refractivity contribution in [1.29, 1.82) is 0 Å². The summed E-state index contributed by atoms with van der Waals surface area (Å²) < 4.78 is 32.6. The fourth-order valence-corrected chi connectivity index (χ4v) is 5.52. The van der Waals surface area contributed by atoms with Crippen molar-refractivity contribution in [2.75, 3.05) is 7.11 Å². The summed E-state index contributed by atoms with van der Waals surface area (Å²) in [6.07, 6.45) is 0.975. The van der Waals surface area contributed by atoms with Crippen molar-refractivity contribution >= 4 is 15.9 Å². The lowest BCUT2D eigenvalue weighted by molar-refractivity contribution is -0.124. The fourth-order valence-electron chi connectivity index (χ4n) is 3.89. The molecule has 2 aromatic carbocycles. The molecule has 1 fully saturated rings. The molecule has 2 atom stereocenters. The first-order valence-electron chi connectivity index (χ1n) is 8.22. The smallest absolute Gasteiger partial charge is 0.267 e. The third-order valence-electron chi connectivity index (χ3n) is 5.11. The van der Waals surface area contributed by atoms with Crippen LogP contribution < -0.4 is 4.74 Å². The molecule has 2 unspecified atom stereocenters. The van der Waals surface area contributed by atoms with Crippen LogP contribution >= 0.6 is 0 Å². The fraction of sp³-hybridized carbons (Fsp3) is 0.316. The zero-order valence-electron chi connectivity index (χ0n) is 14.1. The van der Waals surface area contributed by atoms with Gasteiger partial charge < -0.3 is 4.74 Å². The number of benzene rings is 2. The molecule has 1 heterocycles. The number of nitrogens with zero attached hydrogens (tertiary/aromatic N) is 1. The number of amides is 1. The van der Waals surface area contributed by atoms with Gasteiger partial charge in [-0.2, -0.15) is 0 Å². The van der Waals surface area contributed by atoms with Gasteiger partial charge in [0.2, 0.25) is 5.91 Å². The summed E-state index contributed by atoms with van der Waals surface area (Å²) in [5.41, 5.74) is 2.94. The third-order valence-corrected chi connectivity index (χ3v) is 6.93. The topological polar surface area (TPSA) is 63.7 Å². The van der Waals surface area contributed by atoms with Crippen LogP contribution in [0.3, 0.4) is 0 Å². The summed E-state index contributed by atoms with van der Waals surface area (Å²) in [6.45, 7) is 1.90. The Morgan fingerprint density at radius 1 is 1.08 bits per heavy atom. The van der Waals surface area contributed by atoms with Crippen LogP contribution in [0.25, 0.3) is 0 Å². The van der Waals surface area contributed by atoms with Gasteiger partial charge in [-0.25, -0.2) is 12.7 Å². The number of rotatable bonds is 3. The van der Waals surface area contributed by atoms with Crippen LogP contribution in [0.1, 0.15) is 29.2 Å². The molecule has 5 nitrogen and oxygen atoms in total. The van der Waals surface area contributed by atoms with Crippen LogP contribution in [-0.2, 0) is 21.2 Å². The lowest BCUT2D eigenvalue weighted by Gasteiger charge is -2.25. The maximum absolute atomic E-state index is 13.1. The Morgan fingerprint density at radius 3 is 2.48 bits per heavy atom. The molecular formula is C19H19NO4S. The summed E-state index contributed by atoms with van der Waals surface area (Å²) >= 11 is 0. The molecule has 25 heavy (non-hydrogen) atoms. The second kappa shape index (κ2) is 5.59. The zero-order chi connectivity index (χ0) is 17.8. The summed E-state index contributed by atoms with van der Waals surface area (Å²) in [6, 6.07) is 11.9. The second-order valence-electron chi connectivity index (χ2n) is 6.69. The molecule has 1 saturated heterocycles. The molecule has 2 aromatic rings. The molecule has 6 heteroatoms. The molecule has 0 saturated carbocycles. The number of hydrogen-bond donors (Lipinski definition) is 0. The van der Waals surface area contributed by atoms with E-state index < -0.39 is 16.1 Å². The van der Waals surface area contributed by atoms with Gasteiger partial charge in [-0.1, -0.05) is 23.8 Å². The molecule has 1 aliphatic carbocycles. The van der Waals surface area contributed by atoms with E-state index in [0.717, 1.165) is 27.4 Å². The van der Waals surface area contributed by atoms with Gasteiger partial charge in [0, 0.05) is 6.42 Å². The van der Waals surface area contributed by atoms with Crippen LogP contribution in [0.15, 0.2) is 47.4 Å². The highest BCUT2D eigenvalue weighted by atomic mass is 32.2. The number of aryl methyl sites for hydroxylation is 1. The van der Waals surface area contributed by atoms with Gasteiger partial charge in [0.05, 0.1) is 18.0 Å². The highest BCUT2D eigenvalue weighted by molar-refractivity contribution is 7.89. The Labute approximate surface area is 147 Å². The van der Waals surface area contributed by atoms with E-state index in [4.69, 9.17) is 4.74 Å². The molecule has 0 radical (unpaired) electrons. The predicted molar refractivity (Wildman–Crippen MR) is 92.8 cm³/mol. The average Bonchev–Trinajstić information content (AvgIpc) is 3.08. The van der Waals surface area contributed by atoms with Crippen LogP contribution in [0.5, 0.6) is 5.75 Å². The van der Waals surface area contributed by atoms with E-state index in [2.05, 4.69) is 0 Å². The number of ether oxygens (including phenoxy) is 1. The van der Waals surface area contributed by atoms with Crippen molar-refractivity contribution < 1.29 is 17.9 Å². The quantitative estimate of drug-likeness (QED) is 0.847. The van der Waals surface area contributed by atoms with Crippen molar-refractivity contribution in [1.82, 2.24) is 4.31 Å². The second-order valence-corrected chi connectivity index (χ2v) is 8.50. The molecule has 130 valence electrons. The molecule has 2 aliphatic rings. The zero-order valence-corrected chi connectivity index (χ0v) is 14.9. The van der Waals surface area contributed by atoms with Crippen molar-refractivity contribution in [3.05, 3.63) is 59.2 Å².